The summed E-state index contributed by atoms with van der Waals surface area (Å²) in [4.78, 5) is 31.8. The van der Waals surface area contributed by atoms with Crippen LogP contribution in [0.1, 0.15) is 31.0 Å². The first-order valence-corrected chi connectivity index (χ1v) is 11.8. The smallest absolute Gasteiger partial charge is 0.338 e. The molecule has 0 radical (unpaired) electrons. The van der Waals surface area contributed by atoms with Crippen LogP contribution in [-0.2, 0) is 9.53 Å². The third-order valence-corrected chi connectivity index (χ3v) is 6.64. The van der Waals surface area contributed by atoms with Crippen molar-refractivity contribution >= 4 is 23.4 Å². The molecule has 35 heavy (non-hydrogen) atoms. The molecule has 0 N–H and O–H groups in total. The Balaban J connectivity index is 1.96. The van der Waals surface area contributed by atoms with Gasteiger partial charge in [-0.25, -0.2) is 9.79 Å². The Morgan fingerprint density at radius 3 is 2.46 bits per heavy atom. The van der Waals surface area contributed by atoms with Gasteiger partial charge in [-0.1, -0.05) is 35.6 Å². The van der Waals surface area contributed by atoms with Crippen molar-refractivity contribution in [2.45, 2.75) is 19.9 Å². The predicted octanol–water partition coefficient (Wildman–Crippen LogP) is 2.82. The monoisotopic (exact) mass is 494 g/mol. The second kappa shape index (κ2) is 10.2. The lowest BCUT2D eigenvalue weighted by Crippen LogP contribution is -2.40. The summed E-state index contributed by atoms with van der Waals surface area (Å²) in [7, 11) is 4.68. The lowest BCUT2D eigenvalue weighted by Gasteiger charge is -2.25. The maximum atomic E-state index is 13.7. The highest BCUT2D eigenvalue weighted by Gasteiger charge is 2.34. The van der Waals surface area contributed by atoms with Gasteiger partial charge in [0.2, 0.25) is 0 Å². The van der Waals surface area contributed by atoms with Crippen molar-refractivity contribution in [1.29, 1.82) is 0 Å². The molecule has 0 amide bonds. The first-order chi connectivity index (χ1) is 16.9. The van der Waals surface area contributed by atoms with E-state index < -0.39 is 12.0 Å². The standard InChI is InChI=1S/C26H26N2O6S/c1-6-34-25(30)22-15(2)27-26-28(23(22)17-9-7-8-10-18(17)31-3)24(29)21(35-26)14-16-11-12-19(32-4)20(13-16)33-5/h7-14,23H,6H2,1-5H3/b21-14-. The summed E-state index contributed by atoms with van der Waals surface area (Å²) in [5.74, 6) is 1.20. The molecule has 1 unspecified atom stereocenters. The predicted molar refractivity (Wildman–Crippen MR) is 133 cm³/mol. The summed E-state index contributed by atoms with van der Waals surface area (Å²) in [5, 5.41) is 0. The van der Waals surface area contributed by atoms with Crippen LogP contribution in [0, 0.1) is 0 Å². The SMILES string of the molecule is CCOC(=O)C1=C(C)N=c2s/c(=C\c3ccc(OC)c(OC)c3)c(=O)n2C1c1ccccc1OC. The summed E-state index contributed by atoms with van der Waals surface area (Å²) in [6.07, 6.45) is 1.77. The molecular weight excluding hydrogens is 468 g/mol. The van der Waals surface area contributed by atoms with Crippen LogP contribution in [0.5, 0.6) is 17.2 Å². The number of thiazole rings is 1. The van der Waals surface area contributed by atoms with Crippen LogP contribution < -0.4 is 29.1 Å². The second-order valence-electron chi connectivity index (χ2n) is 7.66. The van der Waals surface area contributed by atoms with Crippen LogP contribution in [0.2, 0.25) is 0 Å². The zero-order valence-electron chi connectivity index (χ0n) is 20.2. The van der Waals surface area contributed by atoms with Crippen molar-refractivity contribution in [2.75, 3.05) is 27.9 Å². The molecule has 0 spiro atoms. The van der Waals surface area contributed by atoms with Crippen molar-refractivity contribution in [3.05, 3.63) is 84.5 Å². The van der Waals surface area contributed by atoms with Gasteiger partial charge in [-0.05, 0) is 43.7 Å². The van der Waals surface area contributed by atoms with Crippen molar-refractivity contribution in [3.63, 3.8) is 0 Å². The van der Waals surface area contributed by atoms with E-state index in [0.29, 0.717) is 43.4 Å². The van der Waals surface area contributed by atoms with Crippen LogP contribution in [0.15, 0.2) is 63.5 Å². The highest BCUT2D eigenvalue weighted by molar-refractivity contribution is 7.07. The first-order valence-electron chi connectivity index (χ1n) is 11.0. The quantitative estimate of drug-likeness (QED) is 0.470. The minimum Gasteiger partial charge on any atom is -0.496 e. The minimum atomic E-state index is -0.742. The number of methoxy groups -OCH3 is 3. The maximum absolute atomic E-state index is 13.7. The van der Waals surface area contributed by atoms with Gasteiger partial charge in [0.05, 0.1) is 43.7 Å². The molecule has 2 aromatic carbocycles. The number of fused-ring (bicyclic) bond motifs is 1. The molecule has 3 aromatic rings. The van der Waals surface area contributed by atoms with Gasteiger partial charge in [0.15, 0.2) is 16.3 Å². The summed E-state index contributed by atoms with van der Waals surface area (Å²) in [6, 6.07) is 12.0. The number of nitrogens with zero attached hydrogens (tertiary/aromatic N) is 2. The Hall–Kier alpha value is -3.85. The Labute approximate surface area is 206 Å². The Kier molecular flexibility index (Phi) is 7.07. The van der Waals surface area contributed by atoms with Crippen LogP contribution in [0.3, 0.4) is 0 Å². The van der Waals surface area contributed by atoms with Crippen molar-refractivity contribution < 1.29 is 23.7 Å². The van der Waals surface area contributed by atoms with E-state index in [-0.39, 0.29) is 12.2 Å². The van der Waals surface area contributed by atoms with E-state index in [1.165, 1.54) is 15.9 Å². The molecule has 1 aliphatic heterocycles. The second-order valence-corrected chi connectivity index (χ2v) is 8.67. The first kappa shape index (κ1) is 24.3. The highest BCUT2D eigenvalue weighted by atomic mass is 32.1. The third kappa shape index (κ3) is 4.46. The zero-order chi connectivity index (χ0) is 25.1. The van der Waals surface area contributed by atoms with Crippen molar-refractivity contribution in [2.24, 2.45) is 4.99 Å². The Morgan fingerprint density at radius 2 is 1.77 bits per heavy atom. The number of para-hydroxylation sites is 1. The fourth-order valence-corrected chi connectivity index (χ4v) is 5.12. The molecule has 1 aromatic heterocycles. The van der Waals surface area contributed by atoms with Crippen LogP contribution in [-0.4, -0.2) is 38.5 Å². The molecular formula is C26H26N2O6S. The number of aromatic nitrogens is 1. The molecule has 182 valence electrons. The van der Waals surface area contributed by atoms with Gasteiger partial charge in [0.25, 0.3) is 5.56 Å². The Bertz CT molecular complexity index is 1480. The van der Waals surface area contributed by atoms with Crippen LogP contribution >= 0.6 is 11.3 Å². The van der Waals surface area contributed by atoms with Crippen molar-refractivity contribution in [3.8, 4) is 17.2 Å². The number of allylic oxidation sites excluding steroid dienone is 1. The van der Waals surface area contributed by atoms with E-state index in [4.69, 9.17) is 18.9 Å². The summed E-state index contributed by atoms with van der Waals surface area (Å²) in [6.45, 7) is 3.70. The van der Waals surface area contributed by atoms with Gasteiger partial charge in [0, 0.05) is 5.56 Å². The van der Waals surface area contributed by atoms with Gasteiger partial charge < -0.3 is 18.9 Å². The fraction of sp³-hybridized carbons (Fsp3) is 0.269. The normalized spacial score (nSPS) is 15.3. The molecule has 0 fully saturated rings. The number of benzene rings is 2. The molecule has 9 heteroatoms. The summed E-state index contributed by atoms with van der Waals surface area (Å²) in [5.41, 5.74) is 1.97. The molecule has 0 saturated heterocycles. The van der Waals surface area contributed by atoms with Crippen LogP contribution in [0.4, 0.5) is 0 Å². The minimum absolute atomic E-state index is 0.206. The van der Waals surface area contributed by atoms with E-state index in [0.717, 1.165) is 5.56 Å². The number of carbonyl (C=O) groups excluding carboxylic acids is 1. The zero-order valence-corrected chi connectivity index (χ0v) is 21.0. The van der Waals surface area contributed by atoms with Crippen LogP contribution in [0.25, 0.3) is 6.08 Å². The highest BCUT2D eigenvalue weighted by Crippen LogP contribution is 2.35. The topological polar surface area (TPSA) is 88.4 Å². The van der Waals surface area contributed by atoms with Gasteiger partial charge in [-0.2, -0.15) is 0 Å². The van der Waals surface area contributed by atoms with E-state index in [1.807, 2.05) is 24.3 Å². The van der Waals surface area contributed by atoms with E-state index in [9.17, 15) is 9.59 Å². The van der Waals surface area contributed by atoms with E-state index >= 15 is 0 Å². The Morgan fingerprint density at radius 1 is 1.06 bits per heavy atom. The molecule has 0 aliphatic carbocycles. The van der Waals surface area contributed by atoms with Gasteiger partial charge >= 0.3 is 5.97 Å². The average molecular weight is 495 g/mol. The molecule has 0 saturated carbocycles. The number of rotatable bonds is 7. The van der Waals surface area contributed by atoms with Gasteiger partial charge in [0.1, 0.15) is 11.8 Å². The van der Waals surface area contributed by atoms with Crippen molar-refractivity contribution in [1.82, 2.24) is 4.57 Å². The molecule has 0 bridgehead atoms. The van der Waals surface area contributed by atoms with Gasteiger partial charge in [-0.3, -0.25) is 9.36 Å². The molecule has 2 heterocycles. The number of esters is 1. The van der Waals surface area contributed by atoms with Gasteiger partial charge in [-0.15, -0.1) is 0 Å². The lowest BCUT2D eigenvalue weighted by molar-refractivity contribution is -0.139. The maximum Gasteiger partial charge on any atom is 0.338 e. The fourth-order valence-electron chi connectivity index (χ4n) is 4.07. The largest absolute Gasteiger partial charge is 0.496 e. The number of hydrogen-bond acceptors (Lipinski definition) is 8. The number of hydrogen-bond donors (Lipinski definition) is 0. The molecule has 4 rings (SSSR count). The molecule has 1 atom stereocenters. The molecule has 1 aliphatic rings. The third-order valence-electron chi connectivity index (χ3n) is 5.66. The number of carbonyl (C=O) groups is 1. The summed E-state index contributed by atoms with van der Waals surface area (Å²) >= 11 is 1.25. The lowest BCUT2D eigenvalue weighted by atomic mass is 9.95. The summed E-state index contributed by atoms with van der Waals surface area (Å²) < 4.78 is 23.6. The van der Waals surface area contributed by atoms with E-state index in [1.54, 1.807) is 59.5 Å². The van der Waals surface area contributed by atoms with E-state index in [2.05, 4.69) is 4.99 Å². The molecule has 8 nitrogen and oxygen atoms in total. The average Bonchev–Trinajstić information content (AvgIpc) is 3.17. The number of ether oxygens (including phenoxy) is 4.